The molecular weight excluding hydrogens is 242 g/mol. The predicted octanol–water partition coefficient (Wildman–Crippen LogP) is 1.09. The molecule has 2 aromatic rings. The van der Waals surface area contributed by atoms with Gasteiger partial charge in [0, 0.05) is 38.1 Å². The van der Waals surface area contributed by atoms with E-state index >= 15 is 0 Å². The molecule has 1 aliphatic heterocycles. The Morgan fingerprint density at radius 1 is 1.47 bits per heavy atom. The average Bonchev–Trinajstić information content (AvgIpc) is 2.94. The molecule has 1 aliphatic rings. The second-order valence-corrected chi connectivity index (χ2v) is 4.45. The maximum Gasteiger partial charge on any atom is 0.317 e. The van der Waals surface area contributed by atoms with E-state index in [1.165, 1.54) is 0 Å². The molecule has 6 heteroatoms. The van der Waals surface area contributed by atoms with Crippen LogP contribution in [-0.2, 0) is 6.42 Å². The third kappa shape index (κ3) is 1.95. The molecule has 2 aromatic heterocycles. The van der Waals surface area contributed by atoms with E-state index in [2.05, 4.69) is 20.3 Å². The van der Waals surface area contributed by atoms with Crippen molar-refractivity contribution in [2.45, 2.75) is 12.5 Å². The molecule has 0 saturated carbocycles. The van der Waals surface area contributed by atoms with Crippen molar-refractivity contribution in [3.63, 3.8) is 0 Å². The maximum atomic E-state index is 12.0. The van der Waals surface area contributed by atoms with Crippen molar-refractivity contribution in [3.05, 3.63) is 47.8 Å². The highest BCUT2D eigenvalue weighted by atomic mass is 16.2. The van der Waals surface area contributed by atoms with E-state index in [0.29, 0.717) is 6.54 Å². The number of urea groups is 1. The van der Waals surface area contributed by atoms with Crippen molar-refractivity contribution in [2.75, 3.05) is 13.6 Å². The van der Waals surface area contributed by atoms with Crippen LogP contribution < -0.4 is 5.32 Å². The number of amides is 2. The highest BCUT2D eigenvalue weighted by molar-refractivity contribution is 5.75. The first-order chi connectivity index (χ1) is 9.31. The summed E-state index contributed by atoms with van der Waals surface area (Å²) in [6.45, 7) is 0.669. The van der Waals surface area contributed by atoms with Crippen LogP contribution >= 0.6 is 0 Å². The number of carbonyl (C=O) groups is 1. The average molecular weight is 257 g/mol. The zero-order chi connectivity index (χ0) is 13.2. The van der Waals surface area contributed by atoms with Crippen molar-refractivity contribution in [2.24, 2.45) is 0 Å². The molecule has 0 saturated heterocycles. The van der Waals surface area contributed by atoms with Gasteiger partial charge < -0.3 is 15.2 Å². The Labute approximate surface area is 110 Å². The van der Waals surface area contributed by atoms with E-state index in [4.69, 9.17) is 0 Å². The number of imidazole rings is 1. The van der Waals surface area contributed by atoms with Crippen LogP contribution in [0.5, 0.6) is 0 Å². The largest absolute Gasteiger partial charge is 0.348 e. The highest BCUT2D eigenvalue weighted by Gasteiger charge is 2.33. The summed E-state index contributed by atoms with van der Waals surface area (Å²) in [5, 5.41) is 2.69. The summed E-state index contributed by atoms with van der Waals surface area (Å²) in [5.41, 5.74) is 3.04. The Kier molecular flexibility index (Phi) is 2.91. The third-order valence-corrected chi connectivity index (χ3v) is 3.42. The topological polar surface area (TPSA) is 73.9 Å². The van der Waals surface area contributed by atoms with Gasteiger partial charge in [0.25, 0.3) is 0 Å². The molecule has 2 amide bonds. The molecule has 0 radical (unpaired) electrons. The fourth-order valence-corrected chi connectivity index (χ4v) is 2.52. The molecule has 6 nitrogen and oxygen atoms in total. The lowest BCUT2D eigenvalue weighted by atomic mass is 9.97. The molecule has 0 fully saturated rings. The molecule has 0 unspecified atom stereocenters. The third-order valence-electron chi connectivity index (χ3n) is 3.42. The van der Waals surface area contributed by atoms with E-state index in [1.54, 1.807) is 30.7 Å². The summed E-state index contributed by atoms with van der Waals surface area (Å²) in [4.78, 5) is 25.4. The standard InChI is InChI=1S/C13H15N5O/c1-14-13(19)18-7-4-10-11(17-8-16-10)12(18)9-2-5-15-6-3-9/h2-3,5-6,8,12H,4,7H2,1H3,(H,14,19)(H,16,17)/t12-/m1/s1. The van der Waals surface area contributed by atoms with E-state index in [0.717, 1.165) is 23.4 Å². The summed E-state index contributed by atoms with van der Waals surface area (Å²) in [6.07, 6.45) is 5.95. The number of hydrogen-bond donors (Lipinski definition) is 2. The smallest absolute Gasteiger partial charge is 0.317 e. The van der Waals surface area contributed by atoms with Crippen molar-refractivity contribution in [1.29, 1.82) is 0 Å². The van der Waals surface area contributed by atoms with E-state index in [1.807, 2.05) is 12.1 Å². The van der Waals surface area contributed by atoms with Gasteiger partial charge in [-0.25, -0.2) is 9.78 Å². The van der Waals surface area contributed by atoms with Gasteiger partial charge >= 0.3 is 6.03 Å². The lowest BCUT2D eigenvalue weighted by Gasteiger charge is -2.34. The molecule has 3 rings (SSSR count). The summed E-state index contributed by atoms with van der Waals surface area (Å²) in [6, 6.07) is 3.60. The van der Waals surface area contributed by atoms with Crippen LogP contribution in [0, 0.1) is 0 Å². The van der Waals surface area contributed by atoms with Crippen molar-refractivity contribution in [3.8, 4) is 0 Å². The van der Waals surface area contributed by atoms with E-state index in [-0.39, 0.29) is 12.1 Å². The maximum absolute atomic E-state index is 12.0. The van der Waals surface area contributed by atoms with Crippen LogP contribution in [0.3, 0.4) is 0 Å². The Morgan fingerprint density at radius 3 is 3.00 bits per heavy atom. The highest BCUT2D eigenvalue weighted by Crippen LogP contribution is 2.32. The molecule has 0 aliphatic carbocycles. The van der Waals surface area contributed by atoms with Gasteiger partial charge in [0.2, 0.25) is 0 Å². The predicted molar refractivity (Wildman–Crippen MR) is 69.5 cm³/mol. The Balaban J connectivity index is 2.07. The van der Waals surface area contributed by atoms with Crippen LogP contribution in [0.4, 0.5) is 4.79 Å². The molecular formula is C13H15N5O. The number of nitrogens with zero attached hydrogens (tertiary/aromatic N) is 3. The fourth-order valence-electron chi connectivity index (χ4n) is 2.52. The summed E-state index contributed by atoms with van der Waals surface area (Å²) in [5.74, 6) is 0. The van der Waals surface area contributed by atoms with Gasteiger partial charge in [-0.05, 0) is 17.7 Å². The minimum absolute atomic E-state index is 0.0875. The first-order valence-electron chi connectivity index (χ1n) is 6.21. The number of H-pyrrole nitrogens is 1. The second-order valence-electron chi connectivity index (χ2n) is 4.45. The zero-order valence-electron chi connectivity index (χ0n) is 10.6. The van der Waals surface area contributed by atoms with Crippen molar-refractivity contribution < 1.29 is 4.79 Å². The minimum Gasteiger partial charge on any atom is -0.348 e. The number of aromatic amines is 1. The monoisotopic (exact) mass is 257 g/mol. The van der Waals surface area contributed by atoms with Crippen molar-refractivity contribution >= 4 is 6.03 Å². The quantitative estimate of drug-likeness (QED) is 0.803. The first kappa shape index (κ1) is 11.7. The van der Waals surface area contributed by atoms with Crippen molar-refractivity contribution in [1.82, 2.24) is 25.2 Å². The molecule has 98 valence electrons. The van der Waals surface area contributed by atoms with Crippen LogP contribution in [0.2, 0.25) is 0 Å². The molecule has 19 heavy (non-hydrogen) atoms. The Hall–Kier alpha value is -2.37. The number of rotatable bonds is 1. The second kappa shape index (κ2) is 4.72. The lowest BCUT2D eigenvalue weighted by molar-refractivity contribution is 0.181. The van der Waals surface area contributed by atoms with Crippen LogP contribution in [0.1, 0.15) is 23.0 Å². The number of fused-ring (bicyclic) bond motifs is 1. The normalized spacial score (nSPS) is 17.9. The van der Waals surface area contributed by atoms with Gasteiger partial charge in [0.1, 0.15) is 6.04 Å². The minimum atomic E-state index is -0.155. The fraction of sp³-hybridized carbons (Fsp3) is 0.308. The number of aromatic nitrogens is 3. The summed E-state index contributed by atoms with van der Waals surface area (Å²) in [7, 11) is 1.64. The van der Waals surface area contributed by atoms with Crippen LogP contribution in [0.15, 0.2) is 30.9 Å². The van der Waals surface area contributed by atoms with E-state index < -0.39 is 0 Å². The van der Waals surface area contributed by atoms with Crippen LogP contribution in [-0.4, -0.2) is 39.5 Å². The Bertz CT molecular complexity index is 580. The SMILES string of the molecule is CNC(=O)N1CCc2[nH]cnc2[C@H]1c1ccncc1. The molecule has 0 bridgehead atoms. The number of hydrogen-bond acceptors (Lipinski definition) is 3. The molecule has 3 heterocycles. The van der Waals surface area contributed by atoms with Gasteiger partial charge in [-0.2, -0.15) is 0 Å². The summed E-state index contributed by atoms with van der Waals surface area (Å²) < 4.78 is 0. The van der Waals surface area contributed by atoms with Gasteiger partial charge in [0.05, 0.1) is 12.0 Å². The molecule has 0 aromatic carbocycles. The van der Waals surface area contributed by atoms with Gasteiger partial charge in [0.15, 0.2) is 0 Å². The Morgan fingerprint density at radius 2 is 2.26 bits per heavy atom. The van der Waals surface area contributed by atoms with Gasteiger partial charge in [-0.3, -0.25) is 4.98 Å². The first-order valence-corrected chi connectivity index (χ1v) is 6.21. The number of carbonyl (C=O) groups excluding carboxylic acids is 1. The van der Waals surface area contributed by atoms with Gasteiger partial charge in [-0.1, -0.05) is 0 Å². The van der Waals surface area contributed by atoms with E-state index in [9.17, 15) is 4.79 Å². The molecule has 1 atom stereocenters. The van der Waals surface area contributed by atoms with Gasteiger partial charge in [-0.15, -0.1) is 0 Å². The number of pyridine rings is 1. The number of nitrogens with one attached hydrogen (secondary N) is 2. The van der Waals surface area contributed by atoms with Crippen LogP contribution in [0.25, 0.3) is 0 Å². The summed E-state index contributed by atoms with van der Waals surface area (Å²) >= 11 is 0. The molecule has 0 spiro atoms. The zero-order valence-corrected chi connectivity index (χ0v) is 10.6. The molecule has 2 N–H and O–H groups in total. The lowest BCUT2D eigenvalue weighted by Crippen LogP contribution is -2.45.